The van der Waals surface area contributed by atoms with E-state index in [1.165, 1.54) is 0 Å². The molecule has 1 aliphatic rings. The number of hydrogen-bond acceptors (Lipinski definition) is 4. The minimum absolute atomic E-state index is 0.625. The second-order valence-electron chi connectivity index (χ2n) is 2.49. The fourth-order valence-corrected chi connectivity index (χ4v) is 1.17. The maximum absolute atomic E-state index is 10.5. The number of carbonyl (C=O) groups excluding carboxylic acids is 1. The first kappa shape index (κ1) is 7.91. The third-order valence-corrected chi connectivity index (χ3v) is 1.77. The molecule has 0 aliphatic carbocycles. The van der Waals surface area contributed by atoms with E-state index >= 15 is 0 Å². The Bertz CT molecular complexity index is 191. The third-order valence-electron chi connectivity index (χ3n) is 1.77. The first-order valence-electron chi connectivity index (χ1n) is 3.53. The fraction of sp³-hybridized carbons (Fsp3) is 0.571. The molecule has 1 atom stereocenters. The van der Waals surface area contributed by atoms with Gasteiger partial charge in [0, 0.05) is 26.0 Å². The molecule has 0 fully saturated rings. The van der Waals surface area contributed by atoms with Crippen LogP contribution in [0.5, 0.6) is 0 Å². The van der Waals surface area contributed by atoms with Crippen LogP contribution in [0.15, 0.2) is 12.4 Å². The molecule has 1 rings (SSSR count). The van der Waals surface area contributed by atoms with E-state index in [2.05, 4.69) is 0 Å². The molecule has 4 heteroatoms. The summed E-state index contributed by atoms with van der Waals surface area (Å²) in [7, 11) is 1.71. The number of aliphatic carboxylic acids is 1. The zero-order valence-electron chi connectivity index (χ0n) is 6.65. The zero-order chi connectivity index (χ0) is 8.43. The SMILES string of the molecule is CCN1C=CN(C)C1C(=O)[O-]. The molecule has 0 aromatic heterocycles. The molecular weight excluding hydrogens is 144 g/mol. The lowest BCUT2D eigenvalue weighted by atomic mass is 10.4. The van der Waals surface area contributed by atoms with Gasteiger partial charge in [0.1, 0.15) is 6.17 Å². The maximum Gasteiger partial charge on any atom is 0.142 e. The zero-order valence-corrected chi connectivity index (χ0v) is 6.65. The Morgan fingerprint density at radius 2 is 2.27 bits per heavy atom. The summed E-state index contributed by atoms with van der Waals surface area (Å²) in [5.74, 6) is -1.06. The monoisotopic (exact) mass is 155 g/mol. The van der Waals surface area contributed by atoms with Crippen LogP contribution in [0.3, 0.4) is 0 Å². The summed E-state index contributed by atoms with van der Waals surface area (Å²) in [5.41, 5.74) is 0. The fourth-order valence-electron chi connectivity index (χ4n) is 1.17. The van der Waals surface area contributed by atoms with Gasteiger partial charge in [-0.15, -0.1) is 0 Å². The van der Waals surface area contributed by atoms with E-state index in [9.17, 15) is 9.90 Å². The van der Waals surface area contributed by atoms with E-state index < -0.39 is 12.1 Å². The van der Waals surface area contributed by atoms with Crippen LogP contribution in [0.4, 0.5) is 0 Å². The van der Waals surface area contributed by atoms with Crippen molar-refractivity contribution >= 4 is 5.97 Å². The highest BCUT2D eigenvalue weighted by atomic mass is 16.4. The van der Waals surface area contributed by atoms with E-state index in [4.69, 9.17) is 0 Å². The molecule has 1 heterocycles. The Morgan fingerprint density at radius 1 is 1.64 bits per heavy atom. The Balaban J connectivity index is 2.69. The molecule has 11 heavy (non-hydrogen) atoms. The van der Waals surface area contributed by atoms with Crippen molar-refractivity contribution in [1.29, 1.82) is 0 Å². The van der Waals surface area contributed by atoms with E-state index in [-0.39, 0.29) is 0 Å². The van der Waals surface area contributed by atoms with E-state index in [1.807, 2.05) is 6.92 Å². The van der Waals surface area contributed by atoms with Gasteiger partial charge >= 0.3 is 0 Å². The molecule has 0 spiro atoms. The summed E-state index contributed by atoms with van der Waals surface area (Å²) < 4.78 is 0. The van der Waals surface area contributed by atoms with Crippen molar-refractivity contribution in [2.24, 2.45) is 0 Å². The number of rotatable bonds is 2. The van der Waals surface area contributed by atoms with Crippen LogP contribution in [0.2, 0.25) is 0 Å². The van der Waals surface area contributed by atoms with Gasteiger partial charge in [0.2, 0.25) is 0 Å². The highest BCUT2D eigenvalue weighted by molar-refractivity contribution is 5.71. The number of nitrogens with zero attached hydrogens (tertiary/aromatic N) is 2. The molecule has 0 bridgehead atoms. The number of carboxylic acid groups (broad SMARTS) is 1. The largest absolute Gasteiger partial charge is 0.546 e. The van der Waals surface area contributed by atoms with Crippen molar-refractivity contribution < 1.29 is 9.90 Å². The van der Waals surface area contributed by atoms with Crippen LogP contribution < -0.4 is 5.11 Å². The predicted molar refractivity (Wildman–Crippen MR) is 38.1 cm³/mol. The average molecular weight is 155 g/mol. The second-order valence-corrected chi connectivity index (χ2v) is 2.49. The van der Waals surface area contributed by atoms with Crippen molar-refractivity contribution in [2.45, 2.75) is 13.1 Å². The van der Waals surface area contributed by atoms with Gasteiger partial charge in [0.05, 0.1) is 5.97 Å². The van der Waals surface area contributed by atoms with E-state index in [0.29, 0.717) is 6.54 Å². The van der Waals surface area contributed by atoms with E-state index in [0.717, 1.165) is 0 Å². The Morgan fingerprint density at radius 3 is 2.64 bits per heavy atom. The summed E-state index contributed by atoms with van der Waals surface area (Å²) in [6.07, 6.45) is 2.85. The molecule has 0 aromatic rings. The Hall–Kier alpha value is -1.19. The highest BCUT2D eigenvalue weighted by Crippen LogP contribution is 2.11. The molecule has 0 saturated carbocycles. The summed E-state index contributed by atoms with van der Waals surface area (Å²) in [6, 6.07) is 0. The minimum Gasteiger partial charge on any atom is -0.546 e. The van der Waals surface area contributed by atoms with Crippen molar-refractivity contribution in [2.75, 3.05) is 13.6 Å². The molecular formula is C7H11N2O2-. The topological polar surface area (TPSA) is 46.6 Å². The van der Waals surface area contributed by atoms with Crippen molar-refractivity contribution in [3.8, 4) is 0 Å². The van der Waals surface area contributed by atoms with Gasteiger partial charge in [-0.3, -0.25) is 0 Å². The smallest absolute Gasteiger partial charge is 0.142 e. The predicted octanol–water partition coefficient (Wildman–Crippen LogP) is -1.20. The normalized spacial score (nSPS) is 22.9. The number of hydrogen-bond donors (Lipinski definition) is 0. The first-order chi connectivity index (χ1) is 5.16. The van der Waals surface area contributed by atoms with Gasteiger partial charge in [-0.05, 0) is 6.92 Å². The molecule has 0 aromatic carbocycles. The van der Waals surface area contributed by atoms with Crippen LogP contribution >= 0.6 is 0 Å². The van der Waals surface area contributed by atoms with Crippen molar-refractivity contribution in [3.05, 3.63) is 12.4 Å². The summed E-state index contributed by atoms with van der Waals surface area (Å²) >= 11 is 0. The van der Waals surface area contributed by atoms with Crippen molar-refractivity contribution in [1.82, 2.24) is 9.80 Å². The van der Waals surface area contributed by atoms with Crippen LogP contribution in [0.25, 0.3) is 0 Å². The Kier molecular flexibility index (Phi) is 2.03. The van der Waals surface area contributed by atoms with Crippen molar-refractivity contribution in [3.63, 3.8) is 0 Å². The van der Waals surface area contributed by atoms with Gasteiger partial charge < -0.3 is 19.7 Å². The lowest BCUT2D eigenvalue weighted by Crippen LogP contribution is -2.50. The lowest BCUT2D eigenvalue weighted by Gasteiger charge is -2.29. The van der Waals surface area contributed by atoms with Gasteiger partial charge in [-0.1, -0.05) is 0 Å². The van der Waals surface area contributed by atoms with Crippen LogP contribution in [-0.2, 0) is 4.79 Å². The summed E-state index contributed by atoms with van der Waals surface area (Å²) in [6.45, 7) is 2.58. The summed E-state index contributed by atoms with van der Waals surface area (Å²) in [4.78, 5) is 13.9. The molecule has 62 valence electrons. The van der Waals surface area contributed by atoms with Gasteiger partial charge in [0.25, 0.3) is 0 Å². The average Bonchev–Trinajstić information content (AvgIpc) is 2.30. The second kappa shape index (κ2) is 2.82. The van der Waals surface area contributed by atoms with Crippen LogP contribution in [-0.4, -0.2) is 35.5 Å². The molecule has 0 amide bonds. The highest BCUT2D eigenvalue weighted by Gasteiger charge is 2.22. The number of likely N-dealkylation sites (N-methyl/N-ethyl adjacent to an activating group) is 2. The molecule has 0 N–H and O–H groups in total. The Labute approximate surface area is 65.7 Å². The van der Waals surface area contributed by atoms with E-state index in [1.54, 1.807) is 29.2 Å². The lowest BCUT2D eigenvalue weighted by molar-refractivity contribution is -0.314. The number of carbonyl (C=O) groups is 1. The third kappa shape index (κ3) is 1.29. The van der Waals surface area contributed by atoms with Gasteiger partial charge in [-0.2, -0.15) is 0 Å². The minimum atomic E-state index is -1.06. The molecule has 1 unspecified atom stereocenters. The first-order valence-corrected chi connectivity index (χ1v) is 3.53. The standard InChI is InChI=1S/C7H12N2O2/c1-3-9-5-4-8(2)6(9)7(10)11/h4-6H,3H2,1-2H3,(H,10,11)/p-1. The summed E-state index contributed by atoms with van der Waals surface area (Å²) in [5, 5.41) is 10.5. The van der Waals surface area contributed by atoms with Gasteiger partial charge in [-0.25, -0.2) is 0 Å². The van der Waals surface area contributed by atoms with Gasteiger partial charge in [0.15, 0.2) is 0 Å². The van der Waals surface area contributed by atoms with Crippen LogP contribution in [0, 0.1) is 0 Å². The maximum atomic E-state index is 10.5. The quantitative estimate of drug-likeness (QED) is 0.502. The molecule has 0 radical (unpaired) electrons. The van der Waals surface area contributed by atoms with Crippen LogP contribution in [0.1, 0.15) is 6.92 Å². The molecule has 0 saturated heterocycles. The molecule has 4 nitrogen and oxygen atoms in total. The number of carboxylic acids is 1. The molecule has 1 aliphatic heterocycles.